The summed E-state index contributed by atoms with van der Waals surface area (Å²) in [5.74, 6) is 1.09. The number of hydrogen-bond acceptors (Lipinski definition) is 4. The van der Waals surface area contributed by atoms with Crippen LogP contribution >= 0.6 is 12.2 Å². The summed E-state index contributed by atoms with van der Waals surface area (Å²) in [6.45, 7) is 0.389. The third-order valence-corrected chi connectivity index (χ3v) is 5.91. The molecule has 0 aliphatic carbocycles. The van der Waals surface area contributed by atoms with Crippen LogP contribution < -0.4 is 15.0 Å². The predicted octanol–water partition coefficient (Wildman–Crippen LogP) is 4.86. The van der Waals surface area contributed by atoms with Crippen molar-refractivity contribution >= 4 is 29.7 Å². The SMILES string of the molecule is O=C(NC1CC(=O)N(c2ccc(Oc3ccccc3)cc2)C1)c1c[nH]c(=S)n1-c1ccccc1. The lowest BCUT2D eigenvalue weighted by molar-refractivity contribution is -0.117. The van der Waals surface area contributed by atoms with Crippen molar-refractivity contribution in [1.29, 1.82) is 0 Å². The zero-order valence-corrected chi connectivity index (χ0v) is 19.0. The second kappa shape index (κ2) is 9.36. The maximum absolute atomic E-state index is 13.0. The van der Waals surface area contributed by atoms with Crippen molar-refractivity contribution in [3.63, 3.8) is 0 Å². The van der Waals surface area contributed by atoms with Gasteiger partial charge in [-0.15, -0.1) is 0 Å². The van der Waals surface area contributed by atoms with Gasteiger partial charge in [-0.05, 0) is 60.7 Å². The number of anilines is 1. The van der Waals surface area contributed by atoms with Gasteiger partial charge in [0.15, 0.2) is 4.77 Å². The van der Waals surface area contributed by atoms with Gasteiger partial charge in [0.1, 0.15) is 17.2 Å². The molecule has 0 spiro atoms. The average molecular weight is 471 g/mol. The Balaban J connectivity index is 1.26. The molecule has 5 rings (SSSR count). The van der Waals surface area contributed by atoms with E-state index in [9.17, 15) is 9.59 Å². The van der Waals surface area contributed by atoms with Gasteiger partial charge in [-0.1, -0.05) is 36.4 Å². The molecular weight excluding hydrogens is 448 g/mol. The summed E-state index contributed by atoms with van der Waals surface area (Å²) >= 11 is 5.36. The second-order valence-electron chi connectivity index (χ2n) is 7.94. The van der Waals surface area contributed by atoms with E-state index in [2.05, 4.69) is 10.3 Å². The first kappa shape index (κ1) is 21.7. The first-order chi connectivity index (χ1) is 16.6. The number of amides is 2. The highest BCUT2D eigenvalue weighted by Crippen LogP contribution is 2.27. The quantitative estimate of drug-likeness (QED) is 0.395. The molecule has 2 amide bonds. The molecule has 1 aliphatic rings. The molecule has 0 saturated carbocycles. The van der Waals surface area contributed by atoms with Crippen molar-refractivity contribution in [3.05, 3.63) is 102 Å². The van der Waals surface area contributed by atoms with E-state index >= 15 is 0 Å². The number of nitrogens with one attached hydrogen (secondary N) is 2. The lowest BCUT2D eigenvalue weighted by atomic mass is 10.2. The fraction of sp³-hybridized carbons (Fsp3) is 0.115. The Morgan fingerprint density at radius 3 is 2.26 bits per heavy atom. The van der Waals surface area contributed by atoms with E-state index in [0.29, 0.717) is 22.8 Å². The van der Waals surface area contributed by atoms with Gasteiger partial charge in [-0.25, -0.2) is 0 Å². The maximum Gasteiger partial charge on any atom is 0.270 e. The van der Waals surface area contributed by atoms with Crippen molar-refractivity contribution < 1.29 is 14.3 Å². The molecule has 170 valence electrons. The summed E-state index contributed by atoms with van der Waals surface area (Å²) in [5.41, 5.74) is 1.95. The van der Waals surface area contributed by atoms with Crippen LogP contribution in [-0.4, -0.2) is 34.0 Å². The molecule has 3 aromatic carbocycles. The maximum atomic E-state index is 13.0. The van der Waals surface area contributed by atoms with Gasteiger partial charge in [0.05, 0.1) is 6.04 Å². The van der Waals surface area contributed by atoms with Crippen LogP contribution in [0.1, 0.15) is 16.9 Å². The van der Waals surface area contributed by atoms with E-state index in [4.69, 9.17) is 17.0 Å². The Kier molecular flexibility index (Phi) is 5.97. The number of rotatable bonds is 6. The Morgan fingerprint density at radius 1 is 0.912 bits per heavy atom. The van der Waals surface area contributed by atoms with Crippen LogP contribution in [0.15, 0.2) is 91.1 Å². The molecule has 2 N–H and O–H groups in total. The standard InChI is InChI=1S/C26H22N4O3S/c31-24-15-18(28-25(32)23-16-27-26(34)30(23)20-7-3-1-4-8-20)17-29(24)19-11-13-22(14-12-19)33-21-9-5-2-6-10-21/h1-14,16,18H,15,17H2,(H,27,34)(H,28,32). The van der Waals surface area contributed by atoms with Crippen molar-refractivity contribution in [2.45, 2.75) is 12.5 Å². The van der Waals surface area contributed by atoms with Gasteiger partial charge in [0, 0.05) is 30.5 Å². The van der Waals surface area contributed by atoms with Crippen LogP contribution in [0, 0.1) is 4.77 Å². The van der Waals surface area contributed by atoms with E-state index in [1.165, 1.54) is 0 Å². The summed E-state index contributed by atoms with van der Waals surface area (Å²) in [4.78, 5) is 30.3. The molecule has 1 aliphatic heterocycles. The molecule has 1 saturated heterocycles. The Hall–Kier alpha value is -4.17. The van der Waals surface area contributed by atoms with E-state index in [0.717, 1.165) is 17.1 Å². The number of ether oxygens (including phenoxy) is 1. The number of para-hydroxylation sites is 2. The molecule has 2 heterocycles. The van der Waals surface area contributed by atoms with Crippen LogP contribution in [0.5, 0.6) is 11.5 Å². The molecule has 34 heavy (non-hydrogen) atoms. The number of nitrogens with zero attached hydrogens (tertiary/aromatic N) is 2. The number of aromatic nitrogens is 2. The van der Waals surface area contributed by atoms with Crippen molar-refractivity contribution in [1.82, 2.24) is 14.9 Å². The predicted molar refractivity (Wildman–Crippen MR) is 132 cm³/mol. The zero-order chi connectivity index (χ0) is 23.5. The van der Waals surface area contributed by atoms with Crippen molar-refractivity contribution in [2.24, 2.45) is 0 Å². The number of carbonyl (C=O) groups excluding carboxylic acids is 2. The normalized spacial score (nSPS) is 15.4. The summed E-state index contributed by atoms with van der Waals surface area (Å²) in [5, 5.41) is 2.98. The summed E-state index contributed by atoms with van der Waals surface area (Å²) < 4.78 is 7.94. The Bertz CT molecular complexity index is 1360. The molecule has 4 aromatic rings. The first-order valence-corrected chi connectivity index (χ1v) is 11.3. The van der Waals surface area contributed by atoms with Crippen LogP contribution in [-0.2, 0) is 4.79 Å². The Labute approximate surface area is 201 Å². The average Bonchev–Trinajstić information content (AvgIpc) is 3.43. The number of aromatic amines is 1. The monoisotopic (exact) mass is 470 g/mol. The van der Waals surface area contributed by atoms with Gasteiger partial charge in [0.25, 0.3) is 5.91 Å². The van der Waals surface area contributed by atoms with Crippen LogP contribution in [0.3, 0.4) is 0 Å². The van der Waals surface area contributed by atoms with Crippen LogP contribution in [0.2, 0.25) is 0 Å². The number of imidazole rings is 1. The van der Waals surface area contributed by atoms with E-state index in [1.807, 2.05) is 84.9 Å². The van der Waals surface area contributed by atoms with Crippen LogP contribution in [0.25, 0.3) is 5.69 Å². The highest BCUT2D eigenvalue weighted by Gasteiger charge is 2.32. The first-order valence-electron chi connectivity index (χ1n) is 10.9. The molecule has 7 nitrogen and oxygen atoms in total. The number of hydrogen-bond donors (Lipinski definition) is 2. The van der Waals surface area contributed by atoms with E-state index in [1.54, 1.807) is 15.7 Å². The molecule has 1 fully saturated rings. The second-order valence-corrected chi connectivity index (χ2v) is 8.32. The molecule has 1 unspecified atom stereocenters. The third-order valence-electron chi connectivity index (χ3n) is 5.61. The van der Waals surface area contributed by atoms with Gasteiger partial charge < -0.3 is 19.9 Å². The minimum Gasteiger partial charge on any atom is -0.457 e. The largest absolute Gasteiger partial charge is 0.457 e. The molecular formula is C26H22N4O3S. The van der Waals surface area contributed by atoms with Crippen LogP contribution in [0.4, 0.5) is 5.69 Å². The molecule has 0 bridgehead atoms. The highest BCUT2D eigenvalue weighted by molar-refractivity contribution is 7.71. The zero-order valence-electron chi connectivity index (χ0n) is 18.2. The van der Waals surface area contributed by atoms with Crippen molar-refractivity contribution in [2.75, 3.05) is 11.4 Å². The molecule has 1 aromatic heterocycles. The summed E-state index contributed by atoms with van der Waals surface area (Å²) in [7, 11) is 0. The molecule has 1 atom stereocenters. The fourth-order valence-corrected chi connectivity index (χ4v) is 4.26. The minimum atomic E-state index is -0.312. The number of H-pyrrole nitrogens is 1. The third kappa shape index (κ3) is 4.49. The number of carbonyl (C=O) groups is 2. The summed E-state index contributed by atoms with van der Waals surface area (Å²) in [6.07, 6.45) is 1.81. The lowest BCUT2D eigenvalue weighted by Gasteiger charge is -2.18. The van der Waals surface area contributed by atoms with Gasteiger partial charge in [0.2, 0.25) is 5.91 Å². The van der Waals surface area contributed by atoms with Crippen molar-refractivity contribution in [3.8, 4) is 17.2 Å². The highest BCUT2D eigenvalue weighted by atomic mass is 32.1. The smallest absolute Gasteiger partial charge is 0.270 e. The van der Waals surface area contributed by atoms with Gasteiger partial charge >= 0.3 is 0 Å². The fourth-order valence-electron chi connectivity index (χ4n) is 4.00. The topological polar surface area (TPSA) is 79.4 Å². The molecule has 8 heteroatoms. The van der Waals surface area contributed by atoms with Gasteiger partial charge in [-0.3, -0.25) is 14.2 Å². The molecule has 0 radical (unpaired) electrons. The van der Waals surface area contributed by atoms with E-state index in [-0.39, 0.29) is 24.3 Å². The van der Waals surface area contributed by atoms with E-state index < -0.39 is 0 Å². The summed E-state index contributed by atoms with van der Waals surface area (Å²) in [6, 6.07) is 26.0. The van der Waals surface area contributed by atoms with Gasteiger partial charge in [-0.2, -0.15) is 0 Å². The Morgan fingerprint density at radius 2 is 1.56 bits per heavy atom. The minimum absolute atomic E-state index is 0.0454. The number of benzene rings is 3. The lowest BCUT2D eigenvalue weighted by Crippen LogP contribution is -2.38.